The van der Waals surface area contributed by atoms with Gasteiger partial charge in [-0.2, -0.15) is 0 Å². The Morgan fingerprint density at radius 3 is 2.32 bits per heavy atom. The number of aliphatic hydroxyl groups is 1. The van der Waals surface area contributed by atoms with E-state index < -0.39 is 33.4 Å². The number of sulfonamides is 1. The predicted octanol–water partition coefficient (Wildman–Crippen LogP) is 2.80. The Balaban J connectivity index is 2.03. The molecule has 146 valence electrons. The van der Waals surface area contributed by atoms with Crippen molar-refractivity contribution in [2.24, 2.45) is 0 Å². The van der Waals surface area contributed by atoms with Crippen LogP contribution in [0.5, 0.6) is 0 Å². The first-order chi connectivity index (χ1) is 13.3. The molecule has 3 aromatic rings. The Kier molecular flexibility index (Phi) is 5.73. The maximum atomic E-state index is 14.5. The Morgan fingerprint density at radius 2 is 1.71 bits per heavy atom. The van der Waals surface area contributed by atoms with E-state index in [0.29, 0.717) is 11.4 Å². The van der Waals surface area contributed by atoms with Crippen molar-refractivity contribution in [3.8, 4) is 22.3 Å². The number of pyridine rings is 1. The minimum Gasteiger partial charge on any atom is -0.395 e. The Hall–Kier alpha value is -2.81. The monoisotopic (exact) mass is 401 g/mol. The molecule has 3 rings (SSSR count). The molecule has 28 heavy (non-hydrogen) atoms. The SMILES string of the molecule is C[C@H](CO)NS(=O)(=O)c1c(F)cccc1-c1ccc(-c2ccc(N)nc2)cc1. The zero-order valence-electron chi connectivity index (χ0n) is 15.1. The van der Waals surface area contributed by atoms with Crippen molar-refractivity contribution in [3.63, 3.8) is 0 Å². The first-order valence-corrected chi connectivity index (χ1v) is 10.0. The fraction of sp³-hybridized carbons (Fsp3) is 0.150. The van der Waals surface area contributed by atoms with Crippen LogP contribution in [0.3, 0.4) is 0 Å². The van der Waals surface area contributed by atoms with Crippen LogP contribution in [0, 0.1) is 5.82 Å². The highest BCUT2D eigenvalue weighted by Gasteiger charge is 2.25. The Bertz CT molecular complexity index is 1070. The number of benzene rings is 2. The topological polar surface area (TPSA) is 105 Å². The van der Waals surface area contributed by atoms with Crippen LogP contribution >= 0.6 is 0 Å². The predicted molar refractivity (Wildman–Crippen MR) is 106 cm³/mol. The highest BCUT2D eigenvalue weighted by molar-refractivity contribution is 7.89. The standard InChI is InChI=1S/C20H20FN3O3S/c1-13(12-25)24-28(26,27)20-17(3-2-4-18(20)21)15-7-5-14(6-8-15)16-9-10-19(22)23-11-16/h2-11,13,24-25H,12H2,1H3,(H2,22,23)/t13-/m1/s1. The third-order valence-corrected chi connectivity index (χ3v) is 5.85. The van der Waals surface area contributed by atoms with Gasteiger partial charge in [-0.05, 0) is 36.2 Å². The van der Waals surface area contributed by atoms with Crippen LogP contribution in [0.25, 0.3) is 22.3 Å². The molecule has 1 heterocycles. The highest BCUT2D eigenvalue weighted by Crippen LogP contribution is 2.31. The van der Waals surface area contributed by atoms with E-state index in [2.05, 4.69) is 9.71 Å². The van der Waals surface area contributed by atoms with Gasteiger partial charge >= 0.3 is 0 Å². The molecule has 0 saturated heterocycles. The molecule has 0 aliphatic rings. The first-order valence-electron chi connectivity index (χ1n) is 8.56. The number of nitrogens with zero attached hydrogens (tertiary/aromatic N) is 1. The molecule has 4 N–H and O–H groups in total. The summed E-state index contributed by atoms with van der Waals surface area (Å²) in [7, 11) is -4.16. The summed E-state index contributed by atoms with van der Waals surface area (Å²) >= 11 is 0. The third kappa shape index (κ3) is 4.19. The van der Waals surface area contributed by atoms with E-state index >= 15 is 0 Å². The zero-order chi connectivity index (χ0) is 20.3. The lowest BCUT2D eigenvalue weighted by atomic mass is 10.0. The number of rotatable bonds is 6. The number of aromatic nitrogens is 1. The minimum atomic E-state index is -4.16. The van der Waals surface area contributed by atoms with Crippen LogP contribution in [0.1, 0.15) is 6.92 Å². The van der Waals surface area contributed by atoms with Crippen molar-refractivity contribution < 1.29 is 17.9 Å². The summed E-state index contributed by atoms with van der Waals surface area (Å²) < 4.78 is 42.1. The largest absolute Gasteiger partial charge is 0.395 e. The lowest BCUT2D eigenvalue weighted by Gasteiger charge is -2.16. The summed E-state index contributed by atoms with van der Waals surface area (Å²) in [6.45, 7) is 1.10. The molecule has 1 aromatic heterocycles. The minimum absolute atomic E-state index is 0.236. The maximum absolute atomic E-state index is 14.5. The van der Waals surface area contributed by atoms with E-state index in [1.54, 1.807) is 42.6 Å². The molecule has 6 nitrogen and oxygen atoms in total. The van der Waals surface area contributed by atoms with Gasteiger partial charge in [-0.15, -0.1) is 0 Å². The average Bonchev–Trinajstić information content (AvgIpc) is 2.68. The van der Waals surface area contributed by atoms with Crippen molar-refractivity contribution >= 4 is 15.8 Å². The molecule has 0 fully saturated rings. The van der Waals surface area contributed by atoms with Gasteiger partial charge in [0, 0.05) is 23.4 Å². The second-order valence-electron chi connectivity index (χ2n) is 6.37. The van der Waals surface area contributed by atoms with E-state index in [-0.39, 0.29) is 5.56 Å². The molecular formula is C20H20FN3O3S. The van der Waals surface area contributed by atoms with Gasteiger partial charge in [0.2, 0.25) is 10.0 Å². The van der Waals surface area contributed by atoms with Crippen molar-refractivity contribution in [1.29, 1.82) is 0 Å². The summed E-state index contributed by atoms with van der Waals surface area (Å²) in [5, 5.41) is 9.12. The number of hydrogen-bond acceptors (Lipinski definition) is 5. The number of hydrogen-bond donors (Lipinski definition) is 3. The maximum Gasteiger partial charge on any atom is 0.244 e. The Morgan fingerprint density at radius 1 is 1.07 bits per heavy atom. The molecule has 0 aliphatic carbocycles. The number of anilines is 1. The van der Waals surface area contributed by atoms with E-state index in [9.17, 15) is 12.8 Å². The molecule has 0 spiro atoms. The summed E-state index contributed by atoms with van der Waals surface area (Å²) in [4.78, 5) is 3.60. The molecule has 0 bridgehead atoms. The summed E-state index contributed by atoms with van der Waals surface area (Å²) in [5.74, 6) is -0.443. The zero-order valence-corrected chi connectivity index (χ0v) is 15.9. The number of nitrogens with two attached hydrogens (primary N) is 1. The summed E-state index contributed by atoms with van der Waals surface area (Å²) in [6, 6.07) is 13.9. The normalized spacial score (nSPS) is 12.7. The van der Waals surface area contributed by atoms with Gasteiger partial charge in [-0.3, -0.25) is 0 Å². The molecule has 0 unspecified atom stereocenters. The second-order valence-corrected chi connectivity index (χ2v) is 8.02. The molecule has 0 aliphatic heterocycles. The van der Waals surface area contributed by atoms with E-state index in [4.69, 9.17) is 10.8 Å². The van der Waals surface area contributed by atoms with Crippen LogP contribution in [0.15, 0.2) is 65.7 Å². The average molecular weight is 401 g/mol. The van der Waals surface area contributed by atoms with Crippen molar-refractivity contribution in [1.82, 2.24) is 9.71 Å². The van der Waals surface area contributed by atoms with Crippen molar-refractivity contribution in [3.05, 3.63) is 66.6 Å². The van der Waals surface area contributed by atoms with E-state index in [1.807, 2.05) is 6.07 Å². The number of halogens is 1. The van der Waals surface area contributed by atoms with Gasteiger partial charge in [-0.1, -0.05) is 36.4 Å². The molecule has 8 heteroatoms. The second kappa shape index (κ2) is 8.05. The van der Waals surface area contributed by atoms with Crippen LogP contribution < -0.4 is 10.5 Å². The first kappa shape index (κ1) is 19.9. The number of nitrogens with one attached hydrogen (secondary N) is 1. The van der Waals surface area contributed by atoms with Gasteiger partial charge < -0.3 is 10.8 Å². The summed E-state index contributed by atoms with van der Waals surface area (Å²) in [6.07, 6.45) is 1.64. The van der Waals surface area contributed by atoms with Gasteiger partial charge in [-0.25, -0.2) is 22.5 Å². The molecule has 1 atom stereocenters. The molecular weight excluding hydrogens is 381 g/mol. The van der Waals surface area contributed by atoms with E-state index in [1.165, 1.54) is 13.0 Å². The molecule has 0 radical (unpaired) electrons. The lowest BCUT2D eigenvalue weighted by Crippen LogP contribution is -2.35. The quantitative estimate of drug-likeness (QED) is 0.589. The summed E-state index contributed by atoms with van der Waals surface area (Å²) in [5.41, 5.74) is 8.09. The van der Waals surface area contributed by atoms with Gasteiger partial charge in [0.05, 0.1) is 6.61 Å². The smallest absolute Gasteiger partial charge is 0.244 e. The number of aliphatic hydroxyl groups excluding tert-OH is 1. The lowest BCUT2D eigenvalue weighted by molar-refractivity contribution is 0.265. The van der Waals surface area contributed by atoms with Crippen LogP contribution in [0.2, 0.25) is 0 Å². The third-order valence-electron chi connectivity index (χ3n) is 4.18. The number of nitrogen functional groups attached to an aromatic ring is 1. The molecule has 0 saturated carbocycles. The molecule has 2 aromatic carbocycles. The van der Waals surface area contributed by atoms with Gasteiger partial charge in [0.15, 0.2) is 0 Å². The highest BCUT2D eigenvalue weighted by atomic mass is 32.2. The van der Waals surface area contributed by atoms with Crippen LogP contribution in [0.4, 0.5) is 10.2 Å². The van der Waals surface area contributed by atoms with Crippen molar-refractivity contribution in [2.75, 3.05) is 12.3 Å². The molecule has 0 amide bonds. The fourth-order valence-corrected chi connectivity index (χ4v) is 4.31. The van der Waals surface area contributed by atoms with Crippen LogP contribution in [-0.4, -0.2) is 31.2 Å². The fourth-order valence-electron chi connectivity index (χ4n) is 2.79. The van der Waals surface area contributed by atoms with E-state index in [0.717, 1.165) is 17.2 Å². The van der Waals surface area contributed by atoms with Crippen molar-refractivity contribution in [2.45, 2.75) is 17.9 Å². The van der Waals surface area contributed by atoms with Crippen LogP contribution in [-0.2, 0) is 10.0 Å². The van der Waals surface area contributed by atoms with Gasteiger partial charge in [0.25, 0.3) is 0 Å². The van der Waals surface area contributed by atoms with Gasteiger partial charge in [0.1, 0.15) is 16.5 Å². The Labute approximate surface area is 162 Å².